The van der Waals surface area contributed by atoms with Crippen LogP contribution in [0.15, 0.2) is 6.07 Å². The van der Waals surface area contributed by atoms with E-state index in [1.54, 1.807) is 6.92 Å². The summed E-state index contributed by atoms with van der Waals surface area (Å²) in [5.41, 5.74) is 4.07. The maximum atomic E-state index is 11.6. The lowest BCUT2D eigenvalue weighted by Gasteiger charge is -2.18. The minimum Gasteiger partial charge on any atom is -0.342 e. The fraction of sp³-hybridized carbons (Fsp3) is 0.706. The topological polar surface area (TPSA) is 22.0 Å². The number of nitrogens with zero attached hydrogens (tertiary/aromatic N) is 1. The third-order valence-electron chi connectivity index (χ3n) is 3.42. The van der Waals surface area contributed by atoms with Gasteiger partial charge < -0.3 is 4.57 Å². The predicted octanol–water partition coefficient (Wildman–Crippen LogP) is 4.89. The monoisotopic (exact) mass is 265 g/mol. The molecule has 1 aliphatic rings. The summed E-state index contributed by atoms with van der Waals surface area (Å²) in [6.07, 6.45) is 3.30. The fourth-order valence-corrected chi connectivity index (χ4v) is 2.81. The molecule has 1 heterocycles. The molecule has 0 aliphatic heterocycles. The van der Waals surface area contributed by atoms with Crippen molar-refractivity contribution in [2.24, 2.45) is 5.41 Å². The molecule has 0 spiro atoms. The van der Waals surface area contributed by atoms with E-state index in [1.165, 1.54) is 11.3 Å². The summed E-state index contributed by atoms with van der Waals surface area (Å²) in [4.78, 5) is 11.6. The number of Topliss-reactive ketones (excluding diaryl/α,β-unsaturated/α-hetero) is 1. The van der Waals surface area contributed by atoms with E-state index in [4.69, 9.17) is 0 Å². The molecule has 0 N–H and O–H groups in total. The molecule has 0 amide bonds. The highest BCUT2D eigenvalue weighted by atomic mass is 16.1. The number of carbonyl (C=O) groups is 1. The number of hydrogen-bond donors (Lipinski definition) is 0. The quantitative estimate of drug-likeness (QED) is 0.713. The predicted molar refractivity (Wildman–Crippen MR) is 84.0 cm³/mol. The van der Waals surface area contributed by atoms with Gasteiger partial charge in [-0.05, 0) is 36.3 Å². The number of hydrogen-bond acceptors (Lipinski definition) is 1. The second kappa shape index (κ2) is 6.93. The molecular weight excluding hydrogens is 234 g/mol. The summed E-state index contributed by atoms with van der Waals surface area (Å²) < 4.78 is 2.24. The number of ketones is 1. The Morgan fingerprint density at radius 1 is 1.32 bits per heavy atom. The van der Waals surface area contributed by atoms with Gasteiger partial charge in [-0.25, -0.2) is 0 Å². The standard InChI is InChI=1S/C14H21NO.C2H6.CH4/c1-5-6-15-12(10(2)16)7-11-8-14(3,4)9-13(11)15;1-2;/h7H,5-6,8-9H2,1-4H3;1-2H3;1H4. The summed E-state index contributed by atoms with van der Waals surface area (Å²) in [5.74, 6) is 0.195. The Labute approximate surface area is 119 Å². The highest BCUT2D eigenvalue weighted by Gasteiger charge is 2.32. The van der Waals surface area contributed by atoms with E-state index < -0.39 is 0 Å². The van der Waals surface area contributed by atoms with Gasteiger partial charge in [-0.1, -0.05) is 42.0 Å². The van der Waals surface area contributed by atoms with Crippen molar-refractivity contribution in [3.8, 4) is 0 Å². The molecule has 1 aromatic heterocycles. The van der Waals surface area contributed by atoms with E-state index in [1.807, 2.05) is 13.8 Å². The lowest BCUT2D eigenvalue weighted by molar-refractivity contribution is 0.100. The molecule has 0 radical (unpaired) electrons. The third-order valence-corrected chi connectivity index (χ3v) is 3.42. The second-order valence-corrected chi connectivity index (χ2v) is 5.73. The van der Waals surface area contributed by atoms with Crippen molar-refractivity contribution >= 4 is 5.78 Å². The summed E-state index contributed by atoms with van der Waals surface area (Å²) in [6, 6.07) is 2.11. The lowest BCUT2D eigenvalue weighted by Crippen LogP contribution is -2.15. The van der Waals surface area contributed by atoms with Crippen molar-refractivity contribution in [1.29, 1.82) is 0 Å². The van der Waals surface area contributed by atoms with E-state index in [0.717, 1.165) is 31.5 Å². The minimum atomic E-state index is 0. The normalized spacial score (nSPS) is 15.1. The van der Waals surface area contributed by atoms with Gasteiger partial charge >= 0.3 is 0 Å². The van der Waals surface area contributed by atoms with Crippen LogP contribution in [0, 0.1) is 5.41 Å². The Kier molecular flexibility index (Phi) is 6.54. The molecule has 2 rings (SSSR count). The maximum absolute atomic E-state index is 11.6. The van der Waals surface area contributed by atoms with E-state index in [9.17, 15) is 4.79 Å². The van der Waals surface area contributed by atoms with Gasteiger partial charge in [0, 0.05) is 19.2 Å². The van der Waals surface area contributed by atoms with Crippen LogP contribution in [0.5, 0.6) is 0 Å². The molecule has 0 bridgehead atoms. The van der Waals surface area contributed by atoms with Gasteiger partial charge in [-0.15, -0.1) is 0 Å². The molecule has 110 valence electrons. The first-order chi connectivity index (χ1) is 8.44. The molecule has 0 atom stereocenters. The highest BCUT2D eigenvalue weighted by Crippen LogP contribution is 2.38. The molecule has 19 heavy (non-hydrogen) atoms. The summed E-state index contributed by atoms with van der Waals surface area (Å²) >= 11 is 0. The molecule has 2 nitrogen and oxygen atoms in total. The molecule has 0 saturated carbocycles. The van der Waals surface area contributed by atoms with Crippen molar-refractivity contribution in [2.45, 2.75) is 74.8 Å². The molecule has 0 fully saturated rings. The van der Waals surface area contributed by atoms with Gasteiger partial charge in [-0.3, -0.25) is 4.79 Å². The molecule has 1 aliphatic carbocycles. The van der Waals surface area contributed by atoms with E-state index in [0.29, 0.717) is 5.41 Å². The third kappa shape index (κ3) is 3.71. The van der Waals surface area contributed by atoms with Crippen LogP contribution in [-0.4, -0.2) is 10.4 Å². The Balaban J connectivity index is 0.00000103. The zero-order valence-corrected chi connectivity index (χ0v) is 12.8. The van der Waals surface area contributed by atoms with Crippen LogP contribution in [0.4, 0.5) is 0 Å². The van der Waals surface area contributed by atoms with E-state index in [2.05, 4.69) is 31.4 Å². The van der Waals surface area contributed by atoms with Gasteiger partial charge in [0.2, 0.25) is 0 Å². The Morgan fingerprint density at radius 2 is 1.89 bits per heavy atom. The van der Waals surface area contributed by atoms with Crippen LogP contribution in [0.3, 0.4) is 0 Å². The second-order valence-electron chi connectivity index (χ2n) is 5.73. The minimum absolute atomic E-state index is 0. The van der Waals surface area contributed by atoms with Gasteiger partial charge in [0.1, 0.15) is 0 Å². The van der Waals surface area contributed by atoms with Crippen molar-refractivity contribution in [1.82, 2.24) is 4.57 Å². The van der Waals surface area contributed by atoms with Crippen molar-refractivity contribution < 1.29 is 4.79 Å². The first-order valence-corrected chi connectivity index (χ1v) is 7.17. The molecule has 2 heteroatoms. The first kappa shape index (κ1) is 17.9. The lowest BCUT2D eigenvalue weighted by atomic mass is 9.90. The Morgan fingerprint density at radius 3 is 2.37 bits per heavy atom. The zero-order chi connectivity index (χ0) is 13.9. The smallest absolute Gasteiger partial charge is 0.176 e. The van der Waals surface area contributed by atoms with Gasteiger partial charge in [-0.2, -0.15) is 0 Å². The van der Waals surface area contributed by atoms with E-state index in [-0.39, 0.29) is 13.2 Å². The van der Waals surface area contributed by atoms with Gasteiger partial charge in [0.25, 0.3) is 0 Å². The van der Waals surface area contributed by atoms with Crippen molar-refractivity contribution in [3.63, 3.8) is 0 Å². The van der Waals surface area contributed by atoms with Crippen molar-refractivity contribution in [3.05, 3.63) is 23.0 Å². The summed E-state index contributed by atoms with van der Waals surface area (Å²) in [6.45, 7) is 13.4. The number of aromatic nitrogens is 1. The maximum Gasteiger partial charge on any atom is 0.176 e. The number of rotatable bonds is 3. The molecule has 0 saturated heterocycles. The molecule has 0 unspecified atom stereocenters. The van der Waals surface area contributed by atoms with Gasteiger partial charge in [0.15, 0.2) is 5.78 Å². The summed E-state index contributed by atoms with van der Waals surface area (Å²) in [7, 11) is 0. The SMILES string of the molecule is C.CC.CCCn1c(C(C)=O)cc2c1CC(C)(C)C2. The van der Waals surface area contributed by atoms with Crippen LogP contribution in [0.25, 0.3) is 0 Å². The average molecular weight is 265 g/mol. The van der Waals surface area contributed by atoms with Crippen LogP contribution in [0.1, 0.15) is 77.1 Å². The van der Waals surface area contributed by atoms with Crippen LogP contribution >= 0.6 is 0 Å². The fourth-order valence-electron chi connectivity index (χ4n) is 2.81. The van der Waals surface area contributed by atoms with Crippen molar-refractivity contribution in [2.75, 3.05) is 0 Å². The Hall–Kier alpha value is -1.05. The number of fused-ring (bicyclic) bond motifs is 1. The average Bonchev–Trinajstić information content (AvgIpc) is 2.76. The largest absolute Gasteiger partial charge is 0.342 e. The summed E-state index contributed by atoms with van der Waals surface area (Å²) in [5, 5.41) is 0. The van der Waals surface area contributed by atoms with Gasteiger partial charge in [0.05, 0.1) is 5.69 Å². The first-order valence-electron chi connectivity index (χ1n) is 7.17. The zero-order valence-electron chi connectivity index (χ0n) is 12.8. The van der Waals surface area contributed by atoms with Crippen LogP contribution < -0.4 is 0 Å². The van der Waals surface area contributed by atoms with E-state index >= 15 is 0 Å². The van der Waals surface area contributed by atoms with Crippen LogP contribution in [-0.2, 0) is 19.4 Å². The van der Waals surface area contributed by atoms with Crippen LogP contribution in [0.2, 0.25) is 0 Å². The molecule has 1 aromatic rings. The number of carbonyl (C=O) groups excluding carboxylic acids is 1. The Bertz CT molecular complexity index is 427. The molecule has 0 aromatic carbocycles. The highest BCUT2D eigenvalue weighted by molar-refractivity contribution is 5.93. The molecular formula is C17H31NO.